The maximum absolute atomic E-state index is 12.2. The Morgan fingerprint density at radius 2 is 0.768 bits per heavy atom. The first-order valence-corrected chi connectivity index (χ1v) is 23.1. The van der Waals surface area contributed by atoms with Gasteiger partial charge in [0, 0.05) is 12.8 Å². The van der Waals surface area contributed by atoms with Crippen molar-refractivity contribution in [2.45, 2.75) is 213 Å². The van der Waals surface area contributed by atoms with Gasteiger partial charge in [0.2, 0.25) is 0 Å². The molecule has 0 radical (unpaired) electrons. The third kappa shape index (κ3) is 43.8. The molecule has 0 aromatic heterocycles. The van der Waals surface area contributed by atoms with Gasteiger partial charge in [-0.15, -0.1) is 0 Å². The molecule has 1 N–H and O–H groups in total. The first-order chi connectivity index (χ1) is 27.6. The van der Waals surface area contributed by atoms with Gasteiger partial charge in [0.15, 0.2) is 6.10 Å². The Morgan fingerprint density at radius 3 is 1.16 bits per heavy atom. The first kappa shape index (κ1) is 53.1. The van der Waals surface area contributed by atoms with Crippen LogP contribution in [0, 0.1) is 0 Å². The Hall–Kier alpha value is -2.92. The highest BCUT2D eigenvalue weighted by molar-refractivity contribution is 5.70. The predicted molar refractivity (Wildman–Crippen MR) is 242 cm³/mol. The van der Waals surface area contributed by atoms with Gasteiger partial charge in [0.05, 0.1) is 6.61 Å². The fourth-order valence-electron chi connectivity index (χ4n) is 6.20. The lowest BCUT2D eigenvalue weighted by Crippen LogP contribution is -2.28. The second-order valence-corrected chi connectivity index (χ2v) is 15.1. The summed E-state index contributed by atoms with van der Waals surface area (Å²) in [6.45, 7) is 3.99. The minimum atomic E-state index is -0.783. The van der Waals surface area contributed by atoms with Crippen LogP contribution < -0.4 is 0 Å². The monoisotopic (exact) mass is 779 g/mol. The predicted octanol–water partition coefficient (Wildman–Crippen LogP) is 15.1. The molecule has 0 saturated carbocycles. The van der Waals surface area contributed by atoms with Crippen molar-refractivity contribution in [1.82, 2.24) is 0 Å². The standard InChI is InChI=1S/C51H86O5/c1-3-5-7-9-11-13-15-17-19-21-22-23-24-25-26-27-28-30-32-34-36-38-40-42-44-46-51(54)56-49(47-52)48-55-50(53)45-43-41-39-37-35-33-31-29-20-18-16-14-12-10-8-6-4-2/h5,7,11-14,17-20,22-23,25-26,49,52H,3-4,6,8-10,15-16,21,24,27-48H2,1-2H3/b7-5-,13-11-,14-12-,19-17-,20-18-,23-22-,26-25-. The van der Waals surface area contributed by atoms with Crippen molar-refractivity contribution >= 4 is 11.9 Å². The topological polar surface area (TPSA) is 72.8 Å². The minimum Gasteiger partial charge on any atom is -0.462 e. The number of carbonyl (C=O) groups is 2. The molecule has 0 aliphatic carbocycles. The van der Waals surface area contributed by atoms with E-state index in [1.165, 1.54) is 96.3 Å². The van der Waals surface area contributed by atoms with Crippen LogP contribution in [-0.2, 0) is 19.1 Å². The molecule has 0 amide bonds. The van der Waals surface area contributed by atoms with Gasteiger partial charge in [-0.05, 0) is 89.9 Å². The van der Waals surface area contributed by atoms with E-state index in [1.807, 2.05) is 0 Å². The Bertz CT molecular complexity index is 1060. The average Bonchev–Trinajstić information content (AvgIpc) is 3.20. The Labute approximate surface area is 346 Å². The molecule has 1 atom stereocenters. The number of carbonyl (C=O) groups excluding carboxylic acids is 2. The molecule has 0 bridgehead atoms. The van der Waals surface area contributed by atoms with Crippen LogP contribution in [0.25, 0.3) is 0 Å². The van der Waals surface area contributed by atoms with Gasteiger partial charge in [0.1, 0.15) is 6.61 Å². The molecule has 56 heavy (non-hydrogen) atoms. The number of hydrogen-bond donors (Lipinski definition) is 1. The van der Waals surface area contributed by atoms with Crippen molar-refractivity contribution in [1.29, 1.82) is 0 Å². The highest BCUT2D eigenvalue weighted by Gasteiger charge is 2.16. The molecule has 0 fully saturated rings. The summed E-state index contributed by atoms with van der Waals surface area (Å²) in [7, 11) is 0. The lowest BCUT2D eigenvalue weighted by molar-refractivity contribution is -0.161. The van der Waals surface area contributed by atoms with E-state index in [-0.39, 0.29) is 25.2 Å². The molecule has 5 heteroatoms. The van der Waals surface area contributed by atoms with Crippen LogP contribution >= 0.6 is 0 Å². The summed E-state index contributed by atoms with van der Waals surface area (Å²) in [4.78, 5) is 24.4. The lowest BCUT2D eigenvalue weighted by atomic mass is 10.1. The van der Waals surface area contributed by atoms with Crippen LogP contribution in [-0.4, -0.2) is 36.4 Å². The maximum Gasteiger partial charge on any atom is 0.306 e. The van der Waals surface area contributed by atoms with Crippen LogP contribution in [0.5, 0.6) is 0 Å². The molecule has 0 saturated heterocycles. The number of esters is 2. The molecule has 0 spiro atoms. The largest absolute Gasteiger partial charge is 0.462 e. The summed E-state index contributed by atoms with van der Waals surface area (Å²) >= 11 is 0. The van der Waals surface area contributed by atoms with Gasteiger partial charge in [-0.3, -0.25) is 9.59 Å². The molecule has 0 heterocycles. The zero-order valence-electron chi connectivity index (χ0n) is 36.4. The molecule has 0 aromatic rings. The molecule has 0 aliphatic rings. The number of allylic oxidation sites excluding steroid dienone is 14. The van der Waals surface area contributed by atoms with E-state index < -0.39 is 6.10 Å². The number of rotatable bonds is 41. The highest BCUT2D eigenvalue weighted by Crippen LogP contribution is 2.14. The zero-order valence-corrected chi connectivity index (χ0v) is 36.4. The van der Waals surface area contributed by atoms with Crippen LogP contribution in [0.1, 0.15) is 206 Å². The first-order valence-electron chi connectivity index (χ1n) is 23.1. The third-order valence-electron chi connectivity index (χ3n) is 9.67. The second-order valence-electron chi connectivity index (χ2n) is 15.1. The lowest BCUT2D eigenvalue weighted by Gasteiger charge is -2.15. The summed E-state index contributed by atoms with van der Waals surface area (Å²) in [6, 6.07) is 0. The van der Waals surface area contributed by atoms with Gasteiger partial charge >= 0.3 is 11.9 Å². The molecule has 1 unspecified atom stereocenters. The molecular formula is C51H86O5. The minimum absolute atomic E-state index is 0.0763. The number of ether oxygens (including phenoxy) is 2. The van der Waals surface area contributed by atoms with E-state index in [2.05, 4.69) is 98.9 Å². The van der Waals surface area contributed by atoms with E-state index in [0.29, 0.717) is 12.8 Å². The maximum atomic E-state index is 12.2. The van der Waals surface area contributed by atoms with Crippen LogP contribution in [0.15, 0.2) is 85.1 Å². The summed E-state index contributed by atoms with van der Waals surface area (Å²) in [5.41, 5.74) is 0. The Morgan fingerprint density at radius 1 is 0.429 bits per heavy atom. The van der Waals surface area contributed by atoms with Gasteiger partial charge in [0.25, 0.3) is 0 Å². The molecule has 320 valence electrons. The Balaban J connectivity index is 3.58. The number of aliphatic hydroxyl groups excluding tert-OH is 1. The van der Waals surface area contributed by atoms with Crippen LogP contribution in [0.3, 0.4) is 0 Å². The summed E-state index contributed by atoms with van der Waals surface area (Å²) in [5.74, 6) is -0.610. The van der Waals surface area contributed by atoms with Crippen molar-refractivity contribution in [2.75, 3.05) is 13.2 Å². The quantitative estimate of drug-likeness (QED) is 0.0380. The van der Waals surface area contributed by atoms with Gasteiger partial charge < -0.3 is 14.6 Å². The highest BCUT2D eigenvalue weighted by atomic mass is 16.6. The summed E-state index contributed by atoms with van der Waals surface area (Å²) < 4.78 is 10.6. The van der Waals surface area contributed by atoms with Crippen molar-refractivity contribution in [3.8, 4) is 0 Å². The number of aliphatic hydroxyl groups is 1. The molecule has 0 aliphatic heterocycles. The molecule has 0 aromatic carbocycles. The van der Waals surface area contributed by atoms with Crippen LogP contribution in [0.2, 0.25) is 0 Å². The molecule has 5 nitrogen and oxygen atoms in total. The zero-order chi connectivity index (χ0) is 40.7. The van der Waals surface area contributed by atoms with Gasteiger partial charge in [-0.1, -0.05) is 189 Å². The van der Waals surface area contributed by atoms with Gasteiger partial charge in [-0.2, -0.15) is 0 Å². The Kier molecular flexibility index (Phi) is 44.0. The van der Waals surface area contributed by atoms with Crippen molar-refractivity contribution < 1.29 is 24.2 Å². The van der Waals surface area contributed by atoms with E-state index in [0.717, 1.165) is 83.5 Å². The van der Waals surface area contributed by atoms with E-state index in [1.54, 1.807) is 0 Å². The summed E-state index contributed by atoms with van der Waals surface area (Å²) in [6.07, 6.45) is 63.7. The van der Waals surface area contributed by atoms with Crippen molar-refractivity contribution in [3.63, 3.8) is 0 Å². The second kappa shape index (κ2) is 46.5. The fraction of sp³-hybridized carbons (Fsp3) is 0.686. The van der Waals surface area contributed by atoms with E-state index >= 15 is 0 Å². The molecule has 0 rings (SSSR count). The van der Waals surface area contributed by atoms with E-state index in [9.17, 15) is 14.7 Å². The summed E-state index contributed by atoms with van der Waals surface area (Å²) in [5, 5.41) is 9.60. The third-order valence-corrected chi connectivity index (χ3v) is 9.67. The number of hydrogen-bond acceptors (Lipinski definition) is 5. The van der Waals surface area contributed by atoms with Gasteiger partial charge in [-0.25, -0.2) is 0 Å². The fourth-order valence-corrected chi connectivity index (χ4v) is 6.20. The normalized spacial score (nSPS) is 13.0. The van der Waals surface area contributed by atoms with Crippen LogP contribution in [0.4, 0.5) is 0 Å². The van der Waals surface area contributed by atoms with Crippen molar-refractivity contribution in [3.05, 3.63) is 85.1 Å². The smallest absolute Gasteiger partial charge is 0.306 e. The van der Waals surface area contributed by atoms with Crippen molar-refractivity contribution in [2.24, 2.45) is 0 Å². The van der Waals surface area contributed by atoms with E-state index in [4.69, 9.17) is 9.47 Å². The average molecular weight is 779 g/mol. The number of unbranched alkanes of at least 4 members (excludes halogenated alkanes) is 19. The SMILES string of the molecule is CC/C=C\C/C=C\C/C=C\C/C=C\C/C=C\CCCCCCCCCCCC(=O)OC(CO)COC(=O)CCCCCCCCC/C=C\C/C=C\CCCCC. The molecular weight excluding hydrogens is 693 g/mol.